The van der Waals surface area contributed by atoms with Gasteiger partial charge in [-0.05, 0) is 43.9 Å². The van der Waals surface area contributed by atoms with Crippen molar-refractivity contribution < 1.29 is 4.79 Å². The van der Waals surface area contributed by atoms with Crippen LogP contribution in [-0.4, -0.2) is 29.0 Å². The van der Waals surface area contributed by atoms with E-state index >= 15 is 0 Å². The van der Waals surface area contributed by atoms with E-state index in [9.17, 15) is 4.79 Å². The average Bonchev–Trinajstić information content (AvgIpc) is 2.86. The molecular weight excluding hydrogens is 248 g/mol. The van der Waals surface area contributed by atoms with E-state index in [0.717, 1.165) is 30.5 Å². The van der Waals surface area contributed by atoms with E-state index < -0.39 is 0 Å². The molecule has 0 atom stereocenters. The molecule has 3 nitrogen and oxygen atoms in total. The van der Waals surface area contributed by atoms with Gasteiger partial charge in [-0.1, -0.05) is 19.4 Å². The number of benzene rings is 1. The molecule has 1 amide bonds. The molecule has 0 spiro atoms. The van der Waals surface area contributed by atoms with Crippen LogP contribution in [0.5, 0.6) is 0 Å². The van der Waals surface area contributed by atoms with Crippen molar-refractivity contribution in [3.63, 3.8) is 0 Å². The van der Waals surface area contributed by atoms with Crippen molar-refractivity contribution in [2.45, 2.75) is 39.7 Å². The second-order valence-corrected chi connectivity index (χ2v) is 5.67. The summed E-state index contributed by atoms with van der Waals surface area (Å²) in [6.07, 6.45) is 4.24. The van der Waals surface area contributed by atoms with Crippen LogP contribution in [0.15, 0.2) is 30.5 Å². The van der Waals surface area contributed by atoms with Crippen LogP contribution < -0.4 is 0 Å². The molecule has 1 heterocycles. The molecule has 1 aromatic carbocycles. The first-order valence-corrected chi connectivity index (χ1v) is 7.40. The fourth-order valence-electron chi connectivity index (χ4n) is 2.45. The maximum Gasteiger partial charge on any atom is 0.253 e. The Morgan fingerprint density at radius 3 is 2.70 bits per heavy atom. The summed E-state index contributed by atoms with van der Waals surface area (Å²) in [5, 5.41) is 1.19. The maximum absolute atomic E-state index is 12.4. The molecule has 0 fully saturated rings. The molecule has 3 heteroatoms. The normalized spacial score (nSPS) is 11.2. The zero-order valence-electron chi connectivity index (χ0n) is 12.9. The van der Waals surface area contributed by atoms with Crippen molar-refractivity contribution in [3.05, 3.63) is 36.0 Å². The van der Waals surface area contributed by atoms with Gasteiger partial charge in [-0.25, -0.2) is 0 Å². The molecule has 0 saturated carbocycles. The average molecular weight is 272 g/mol. The Kier molecular flexibility index (Phi) is 4.48. The van der Waals surface area contributed by atoms with Crippen LogP contribution in [0.25, 0.3) is 10.9 Å². The van der Waals surface area contributed by atoms with E-state index in [2.05, 4.69) is 37.6 Å². The van der Waals surface area contributed by atoms with Crippen LogP contribution in [0.2, 0.25) is 0 Å². The van der Waals surface area contributed by atoms with Gasteiger partial charge in [0.2, 0.25) is 0 Å². The molecule has 0 N–H and O–H groups in total. The lowest BCUT2D eigenvalue weighted by atomic mass is 10.1. The maximum atomic E-state index is 12.4. The van der Waals surface area contributed by atoms with E-state index in [4.69, 9.17) is 0 Å². The van der Waals surface area contributed by atoms with E-state index in [-0.39, 0.29) is 5.91 Å². The molecule has 0 radical (unpaired) electrons. The van der Waals surface area contributed by atoms with E-state index in [1.165, 1.54) is 5.39 Å². The summed E-state index contributed by atoms with van der Waals surface area (Å²) in [6, 6.07) is 8.48. The molecule has 108 valence electrons. The summed E-state index contributed by atoms with van der Waals surface area (Å²) in [4.78, 5) is 14.2. The molecule has 0 unspecified atom stereocenters. The van der Waals surface area contributed by atoms with Crippen molar-refractivity contribution in [1.82, 2.24) is 9.47 Å². The standard InChI is InChI=1S/C17H24N2O/c1-5-6-10-18(4)17(20)15-8-7-14-9-11-19(13(2)3)16(14)12-15/h7-9,11-13H,5-6,10H2,1-4H3. The summed E-state index contributed by atoms with van der Waals surface area (Å²) >= 11 is 0. The van der Waals surface area contributed by atoms with Crippen molar-refractivity contribution in [3.8, 4) is 0 Å². The van der Waals surface area contributed by atoms with Crippen LogP contribution in [-0.2, 0) is 0 Å². The first-order valence-electron chi connectivity index (χ1n) is 7.40. The number of unbranched alkanes of at least 4 members (excludes halogenated alkanes) is 1. The molecule has 1 aromatic heterocycles. The minimum atomic E-state index is 0.108. The Hall–Kier alpha value is -1.77. The molecule has 2 rings (SSSR count). The van der Waals surface area contributed by atoms with Crippen molar-refractivity contribution in [1.29, 1.82) is 0 Å². The number of rotatable bonds is 5. The third-order valence-electron chi connectivity index (χ3n) is 3.72. The minimum Gasteiger partial charge on any atom is -0.345 e. The van der Waals surface area contributed by atoms with Gasteiger partial charge >= 0.3 is 0 Å². The monoisotopic (exact) mass is 272 g/mol. The first-order chi connectivity index (χ1) is 9.54. The lowest BCUT2D eigenvalue weighted by Crippen LogP contribution is -2.27. The highest BCUT2D eigenvalue weighted by Crippen LogP contribution is 2.22. The van der Waals surface area contributed by atoms with Crippen LogP contribution >= 0.6 is 0 Å². The highest BCUT2D eigenvalue weighted by Gasteiger charge is 2.13. The number of aromatic nitrogens is 1. The van der Waals surface area contributed by atoms with Crippen molar-refractivity contribution >= 4 is 16.8 Å². The van der Waals surface area contributed by atoms with Crippen LogP contribution in [0, 0.1) is 0 Å². The Labute approximate surface area is 121 Å². The Morgan fingerprint density at radius 2 is 2.05 bits per heavy atom. The number of hydrogen-bond donors (Lipinski definition) is 0. The summed E-state index contributed by atoms with van der Waals surface area (Å²) in [5.41, 5.74) is 1.91. The fourth-order valence-corrected chi connectivity index (χ4v) is 2.45. The van der Waals surface area contributed by atoms with E-state index in [1.54, 1.807) is 0 Å². The Morgan fingerprint density at radius 1 is 1.30 bits per heavy atom. The summed E-state index contributed by atoms with van der Waals surface area (Å²) in [5.74, 6) is 0.108. The largest absolute Gasteiger partial charge is 0.345 e. The summed E-state index contributed by atoms with van der Waals surface area (Å²) in [7, 11) is 1.88. The van der Waals surface area contributed by atoms with Gasteiger partial charge in [0.25, 0.3) is 5.91 Å². The van der Waals surface area contributed by atoms with Crippen LogP contribution in [0.4, 0.5) is 0 Å². The predicted octanol–water partition coefficient (Wildman–Crippen LogP) is 4.09. The highest BCUT2D eigenvalue weighted by molar-refractivity contribution is 5.98. The van der Waals surface area contributed by atoms with Gasteiger partial charge in [-0.2, -0.15) is 0 Å². The summed E-state index contributed by atoms with van der Waals surface area (Å²) < 4.78 is 2.21. The second kappa shape index (κ2) is 6.12. The lowest BCUT2D eigenvalue weighted by Gasteiger charge is -2.17. The highest BCUT2D eigenvalue weighted by atomic mass is 16.2. The number of hydrogen-bond acceptors (Lipinski definition) is 1. The SMILES string of the molecule is CCCCN(C)C(=O)c1ccc2ccn(C(C)C)c2c1. The van der Waals surface area contributed by atoms with Gasteiger partial charge in [0, 0.05) is 36.9 Å². The number of amides is 1. The Balaban J connectivity index is 2.30. The zero-order valence-corrected chi connectivity index (χ0v) is 12.9. The molecule has 2 aromatic rings. The number of carbonyl (C=O) groups is 1. The quantitative estimate of drug-likeness (QED) is 0.804. The van der Waals surface area contributed by atoms with E-state index in [0.29, 0.717) is 6.04 Å². The molecular formula is C17H24N2O. The van der Waals surface area contributed by atoms with Gasteiger partial charge < -0.3 is 9.47 Å². The number of carbonyl (C=O) groups excluding carboxylic acids is 1. The van der Waals surface area contributed by atoms with Gasteiger partial charge in [-0.3, -0.25) is 4.79 Å². The van der Waals surface area contributed by atoms with Crippen molar-refractivity contribution in [2.75, 3.05) is 13.6 Å². The second-order valence-electron chi connectivity index (χ2n) is 5.67. The molecule has 0 aliphatic carbocycles. The minimum absolute atomic E-state index is 0.108. The van der Waals surface area contributed by atoms with Gasteiger partial charge in [0.15, 0.2) is 0 Å². The zero-order chi connectivity index (χ0) is 14.7. The first kappa shape index (κ1) is 14.6. The van der Waals surface area contributed by atoms with Crippen LogP contribution in [0.3, 0.4) is 0 Å². The summed E-state index contributed by atoms with van der Waals surface area (Å²) in [6.45, 7) is 7.26. The van der Waals surface area contributed by atoms with Gasteiger partial charge in [0.05, 0.1) is 0 Å². The van der Waals surface area contributed by atoms with Gasteiger partial charge in [0.1, 0.15) is 0 Å². The smallest absolute Gasteiger partial charge is 0.253 e. The van der Waals surface area contributed by atoms with Crippen LogP contribution in [0.1, 0.15) is 50.0 Å². The third-order valence-corrected chi connectivity index (χ3v) is 3.72. The molecule has 0 aliphatic heterocycles. The van der Waals surface area contributed by atoms with Gasteiger partial charge in [-0.15, -0.1) is 0 Å². The lowest BCUT2D eigenvalue weighted by molar-refractivity contribution is 0.0793. The van der Waals surface area contributed by atoms with E-state index in [1.807, 2.05) is 30.1 Å². The molecule has 0 aliphatic rings. The topological polar surface area (TPSA) is 25.2 Å². The number of fused-ring (bicyclic) bond motifs is 1. The third kappa shape index (κ3) is 2.87. The number of nitrogens with zero attached hydrogens (tertiary/aromatic N) is 2. The predicted molar refractivity (Wildman–Crippen MR) is 84.2 cm³/mol. The fraction of sp³-hybridized carbons (Fsp3) is 0.471. The molecule has 0 saturated heterocycles. The molecule has 20 heavy (non-hydrogen) atoms. The molecule has 0 bridgehead atoms. The van der Waals surface area contributed by atoms with Crippen molar-refractivity contribution in [2.24, 2.45) is 0 Å². The Bertz CT molecular complexity index is 598.